The maximum absolute atomic E-state index is 12.8. The highest BCUT2D eigenvalue weighted by molar-refractivity contribution is 9.08. The van der Waals surface area contributed by atoms with Crippen LogP contribution >= 0.6 is 15.9 Å². The van der Waals surface area contributed by atoms with Crippen molar-refractivity contribution < 1.29 is 26.7 Å². The lowest BCUT2D eigenvalue weighted by Gasteiger charge is -2.15. The van der Waals surface area contributed by atoms with E-state index in [9.17, 15) is 22.0 Å². The third-order valence-electron chi connectivity index (χ3n) is 2.01. The van der Waals surface area contributed by atoms with Gasteiger partial charge in [0.05, 0.1) is 18.2 Å². The van der Waals surface area contributed by atoms with Crippen molar-refractivity contribution in [2.45, 2.75) is 24.5 Å². The number of aromatic nitrogens is 1. The highest BCUT2D eigenvalue weighted by Gasteiger charge is 2.34. The Morgan fingerprint density at radius 1 is 1.42 bits per heavy atom. The summed E-state index contributed by atoms with van der Waals surface area (Å²) in [6.07, 6.45) is -8.75. The second kappa shape index (κ2) is 6.14. The number of pyridine rings is 1. The lowest BCUT2D eigenvalue weighted by atomic mass is 10.1. The predicted octanol–water partition coefficient (Wildman–Crippen LogP) is 3.88. The van der Waals surface area contributed by atoms with Gasteiger partial charge in [-0.2, -0.15) is 5.26 Å². The average Bonchev–Trinajstić information content (AvgIpc) is 2.29. The first kappa shape index (κ1) is 15.6. The fourth-order valence-electron chi connectivity index (χ4n) is 1.33. The summed E-state index contributed by atoms with van der Waals surface area (Å²) in [5, 5.41) is 8.49. The molecule has 9 heteroatoms. The summed E-state index contributed by atoms with van der Waals surface area (Å²) < 4.78 is 65.7. The van der Waals surface area contributed by atoms with E-state index in [2.05, 4.69) is 25.7 Å². The van der Waals surface area contributed by atoms with Crippen molar-refractivity contribution in [3.8, 4) is 11.9 Å². The summed E-state index contributed by atoms with van der Waals surface area (Å²) in [4.78, 5) is 3.46. The van der Waals surface area contributed by atoms with Crippen LogP contribution in [0.1, 0.15) is 23.2 Å². The highest BCUT2D eigenvalue weighted by Crippen LogP contribution is 2.33. The molecule has 1 aromatic rings. The quantitative estimate of drug-likeness (QED) is 0.615. The van der Waals surface area contributed by atoms with Crippen LogP contribution in [0.2, 0.25) is 0 Å². The standard InChI is InChI=1S/C10H6BrF5N2O/c11-4-5-3-7(8(12)13)6(1-2-17)9(18-5)19-10(14,15)16/h3,8H,1,4H2. The molecule has 3 nitrogen and oxygen atoms in total. The monoisotopic (exact) mass is 344 g/mol. The summed E-state index contributed by atoms with van der Waals surface area (Å²) >= 11 is 2.91. The maximum Gasteiger partial charge on any atom is 0.574 e. The number of nitriles is 1. The Morgan fingerprint density at radius 3 is 2.47 bits per heavy atom. The molecule has 0 bridgehead atoms. The molecule has 0 fully saturated rings. The first-order chi connectivity index (χ1) is 8.78. The van der Waals surface area contributed by atoms with Crippen LogP contribution in [-0.4, -0.2) is 11.3 Å². The van der Waals surface area contributed by atoms with Crippen molar-refractivity contribution in [3.63, 3.8) is 0 Å². The number of ether oxygens (including phenoxy) is 1. The fraction of sp³-hybridized carbons (Fsp3) is 0.400. The minimum atomic E-state index is -5.07. The SMILES string of the molecule is N#CCc1c(C(F)F)cc(CBr)nc1OC(F)(F)F. The first-order valence-corrected chi connectivity index (χ1v) is 5.90. The van der Waals surface area contributed by atoms with Crippen LogP contribution in [-0.2, 0) is 11.8 Å². The summed E-state index contributed by atoms with van der Waals surface area (Å²) in [6, 6.07) is 2.45. The molecule has 1 rings (SSSR count). The van der Waals surface area contributed by atoms with Gasteiger partial charge in [-0.05, 0) is 6.07 Å². The van der Waals surface area contributed by atoms with Gasteiger partial charge in [-0.1, -0.05) is 15.9 Å². The van der Waals surface area contributed by atoms with E-state index in [1.165, 1.54) is 6.07 Å². The van der Waals surface area contributed by atoms with Crippen molar-refractivity contribution >= 4 is 15.9 Å². The number of nitrogens with zero attached hydrogens (tertiary/aromatic N) is 2. The van der Waals surface area contributed by atoms with Gasteiger partial charge in [0.2, 0.25) is 5.88 Å². The molecule has 1 heterocycles. The van der Waals surface area contributed by atoms with Crippen LogP contribution in [0.25, 0.3) is 0 Å². The fourth-order valence-corrected chi connectivity index (χ4v) is 1.62. The average molecular weight is 345 g/mol. The normalized spacial score (nSPS) is 11.5. The van der Waals surface area contributed by atoms with E-state index >= 15 is 0 Å². The van der Waals surface area contributed by atoms with Gasteiger partial charge in [-0.25, -0.2) is 13.8 Å². The highest BCUT2D eigenvalue weighted by atomic mass is 79.9. The molecule has 0 radical (unpaired) electrons. The van der Waals surface area contributed by atoms with E-state index in [-0.39, 0.29) is 11.0 Å². The topological polar surface area (TPSA) is 45.9 Å². The van der Waals surface area contributed by atoms with Crippen LogP contribution in [0.15, 0.2) is 6.07 Å². The molecule has 0 aromatic carbocycles. The Morgan fingerprint density at radius 2 is 2.05 bits per heavy atom. The Balaban J connectivity index is 3.39. The van der Waals surface area contributed by atoms with Gasteiger partial charge in [0.1, 0.15) is 0 Å². The molecule has 0 atom stereocenters. The van der Waals surface area contributed by atoms with Gasteiger partial charge in [-0.3, -0.25) is 0 Å². The summed E-state index contributed by atoms with van der Waals surface area (Å²) in [6.45, 7) is 0. The summed E-state index contributed by atoms with van der Waals surface area (Å²) in [5.41, 5.74) is -1.29. The van der Waals surface area contributed by atoms with Gasteiger partial charge in [0, 0.05) is 16.5 Å². The molecular formula is C10H6BrF5N2O. The lowest BCUT2D eigenvalue weighted by Crippen LogP contribution is -2.20. The molecule has 0 N–H and O–H groups in total. The van der Waals surface area contributed by atoms with E-state index in [1.54, 1.807) is 0 Å². The molecule has 0 saturated carbocycles. The third kappa shape index (κ3) is 4.31. The second-order valence-electron chi connectivity index (χ2n) is 3.30. The third-order valence-corrected chi connectivity index (χ3v) is 2.59. The van der Waals surface area contributed by atoms with Crippen LogP contribution < -0.4 is 4.74 Å². The molecule has 0 amide bonds. The summed E-state index contributed by atoms with van der Waals surface area (Å²) in [5.74, 6) is -1.01. The number of hydrogen-bond donors (Lipinski definition) is 0. The first-order valence-electron chi connectivity index (χ1n) is 4.78. The van der Waals surface area contributed by atoms with Gasteiger partial charge in [-0.15, -0.1) is 13.2 Å². The van der Waals surface area contributed by atoms with Gasteiger partial charge < -0.3 is 4.74 Å². The molecule has 0 spiro atoms. The van der Waals surface area contributed by atoms with Crippen molar-refractivity contribution in [3.05, 3.63) is 22.9 Å². The minimum Gasteiger partial charge on any atom is -0.388 e. The lowest BCUT2D eigenvalue weighted by molar-refractivity contribution is -0.276. The number of halogens is 6. The number of alkyl halides is 6. The minimum absolute atomic E-state index is 0.0201. The van der Waals surface area contributed by atoms with E-state index in [0.29, 0.717) is 0 Å². The van der Waals surface area contributed by atoms with Crippen molar-refractivity contribution in [2.24, 2.45) is 0 Å². The van der Waals surface area contributed by atoms with Crippen LogP contribution in [0.3, 0.4) is 0 Å². The Labute approximate surface area is 113 Å². The second-order valence-corrected chi connectivity index (χ2v) is 3.86. The van der Waals surface area contributed by atoms with E-state index in [0.717, 1.165) is 6.07 Å². The Hall–Kier alpha value is -1.43. The van der Waals surface area contributed by atoms with Crippen LogP contribution in [0, 0.1) is 11.3 Å². The van der Waals surface area contributed by atoms with E-state index < -0.39 is 36.2 Å². The smallest absolute Gasteiger partial charge is 0.388 e. The Bertz CT molecular complexity index is 498. The van der Waals surface area contributed by atoms with Gasteiger partial charge in [0.25, 0.3) is 6.43 Å². The zero-order valence-corrected chi connectivity index (χ0v) is 10.7. The molecule has 0 aliphatic carbocycles. The number of hydrogen-bond acceptors (Lipinski definition) is 3. The van der Waals surface area contributed by atoms with Gasteiger partial charge in [0.15, 0.2) is 0 Å². The zero-order chi connectivity index (χ0) is 14.6. The maximum atomic E-state index is 12.8. The van der Waals surface area contributed by atoms with Crippen molar-refractivity contribution in [1.29, 1.82) is 5.26 Å². The van der Waals surface area contributed by atoms with Crippen LogP contribution in [0.5, 0.6) is 5.88 Å². The number of rotatable bonds is 4. The molecule has 104 valence electrons. The molecular weight excluding hydrogens is 339 g/mol. The largest absolute Gasteiger partial charge is 0.574 e. The van der Waals surface area contributed by atoms with E-state index in [4.69, 9.17) is 5.26 Å². The molecule has 1 aromatic heterocycles. The Kier molecular flexibility index (Phi) is 5.05. The molecule has 0 unspecified atom stereocenters. The van der Waals surface area contributed by atoms with Crippen molar-refractivity contribution in [2.75, 3.05) is 0 Å². The molecule has 0 aliphatic heterocycles. The van der Waals surface area contributed by atoms with E-state index in [1.807, 2.05) is 0 Å². The zero-order valence-electron chi connectivity index (χ0n) is 9.14. The van der Waals surface area contributed by atoms with Crippen LogP contribution in [0.4, 0.5) is 22.0 Å². The molecule has 0 saturated heterocycles. The summed E-state index contributed by atoms with van der Waals surface area (Å²) in [7, 11) is 0. The van der Waals surface area contributed by atoms with Gasteiger partial charge >= 0.3 is 6.36 Å². The molecule has 19 heavy (non-hydrogen) atoms. The predicted molar refractivity (Wildman–Crippen MR) is 57.8 cm³/mol. The molecule has 0 aliphatic rings. The van der Waals surface area contributed by atoms with Crippen molar-refractivity contribution in [1.82, 2.24) is 4.98 Å².